The third-order valence-corrected chi connectivity index (χ3v) is 4.24. The van der Waals surface area contributed by atoms with Gasteiger partial charge in [0.2, 0.25) is 0 Å². The molecule has 1 fully saturated rings. The van der Waals surface area contributed by atoms with Crippen LogP contribution in [0, 0.1) is 0 Å². The van der Waals surface area contributed by atoms with Gasteiger partial charge in [-0.3, -0.25) is 0 Å². The number of alkyl halides is 1. The summed E-state index contributed by atoms with van der Waals surface area (Å²) in [7, 11) is 0. The predicted molar refractivity (Wildman–Crippen MR) is 64.2 cm³/mol. The number of hydrogen-bond donors (Lipinski definition) is 0. The molecule has 0 spiro atoms. The van der Waals surface area contributed by atoms with Crippen LogP contribution >= 0.6 is 15.9 Å². The Morgan fingerprint density at radius 1 is 1.47 bits per heavy atom. The Labute approximate surface area is 99.4 Å². The quantitative estimate of drug-likeness (QED) is 0.791. The van der Waals surface area contributed by atoms with Crippen molar-refractivity contribution in [1.82, 2.24) is 15.0 Å². The topological polar surface area (TPSA) is 30.7 Å². The van der Waals surface area contributed by atoms with Gasteiger partial charge in [-0.05, 0) is 19.3 Å². The highest BCUT2D eigenvalue weighted by Gasteiger charge is 2.27. The highest BCUT2D eigenvalue weighted by Crippen LogP contribution is 2.36. The first-order chi connectivity index (χ1) is 7.33. The summed E-state index contributed by atoms with van der Waals surface area (Å²) in [5, 5.41) is 8.20. The van der Waals surface area contributed by atoms with Crippen molar-refractivity contribution in [2.24, 2.45) is 0 Å². The molecule has 1 saturated carbocycles. The lowest BCUT2D eigenvalue weighted by Gasteiger charge is -2.27. The molecule has 0 amide bonds. The molecule has 2 unspecified atom stereocenters. The molecular weight excluding hydrogens is 254 g/mol. The predicted octanol–water partition coefficient (Wildman–Crippen LogP) is 3.11. The van der Waals surface area contributed by atoms with E-state index in [-0.39, 0.29) is 0 Å². The van der Waals surface area contributed by atoms with E-state index in [1.54, 1.807) is 0 Å². The molecule has 84 valence electrons. The van der Waals surface area contributed by atoms with Crippen molar-refractivity contribution >= 4 is 15.9 Å². The van der Waals surface area contributed by atoms with E-state index in [1.807, 2.05) is 6.20 Å². The van der Waals surface area contributed by atoms with E-state index in [9.17, 15) is 0 Å². The van der Waals surface area contributed by atoms with E-state index >= 15 is 0 Å². The summed E-state index contributed by atoms with van der Waals surface area (Å²) in [5.41, 5.74) is 1.32. The summed E-state index contributed by atoms with van der Waals surface area (Å²) < 4.78 is 2.07. The zero-order valence-electron chi connectivity index (χ0n) is 9.19. The molecule has 1 aromatic heterocycles. The Balaban J connectivity index is 2.15. The first kappa shape index (κ1) is 11.1. The van der Waals surface area contributed by atoms with Crippen molar-refractivity contribution in [1.29, 1.82) is 0 Å². The van der Waals surface area contributed by atoms with Crippen molar-refractivity contribution < 1.29 is 0 Å². The van der Waals surface area contributed by atoms with Gasteiger partial charge >= 0.3 is 0 Å². The fourth-order valence-electron chi connectivity index (χ4n) is 2.36. The van der Waals surface area contributed by atoms with Gasteiger partial charge in [-0.15, -0.1) is 5.10 Å². The van der Waals surface area contributed by atoms with Gasteiger partial charge in [0.15, 0.2) is 0 Å². The number of aryl methyl sites for hydroxylation is 1. The Morgan fingerprint density at radius 2 is 2.27 bits per heavy atom. The van der Waals surface area contributed by atoms with Gasteiger partial charge in [-0.25, -0.2) is 4.68 Å². The number of hydrogen-bond acceptors (Lipinski definition) is 2. The molecule has 4 heteroatoms. The highest BCUT2D eigenvalue weighted by molar-refractivity contribution is 9.09. The summed E-state index contributed by atoms with van der Waals surface area (Å²) in [6.07, 6.45) is 8.30. The molecule has 3 nitrogen and oxygen atoms in total. The Morgan fingerprint density at radius 3 is 3.00 bits per heavy atom. The molecule has 15 heavy (non-hydrogen) atoms. The lowest BCUT2D eigenvalue weighted by molar-refractivity contribution is 0.427. The van der Waals surface area contributed by atoms with Gasteiger partial charge in [0.05, 0.1) is 11.9 Å². The number of halogens is 1. The molecule has 1 aliphatic carbocycles. The van der Waals surface area contributed by atoms with E-state index in [1.165, 1.54) is 31.4 Å². The van der Waals surface area contributed by atoms with Gasteiger partial charge in [0.25, 0.3) is 0 Å². The second-order valence-corrected chi connectivity index (χ2v) is 5.47. The molecule has 0 aromatic carbocycles. The average Bonchev–Trinajstić information content (AvgIpc) is 2.67. The van der Waals surface area contributed by atoms with Gasteiger partial charge in [-0.1, -0.05) is 40.9 Å². The van der Waals surface area contributed by atoms with Crippen LogP contribution in [0.4, 0.5) is 0 Å². The minimum Gasteiger partial charge on any atom is -0.249 e. The molecule has 2 rings (SSSR count). The highest BCUT2D eigenvalue weighted by atomic mass is 79.9. The molecule has 1 aromatic rings. The summed E-state index contributed by atoms with van der Waals surface area (Å²) in [6, 6.07) is 0. The third kappa shape index (κ3) is 2.41. The van der Waals surface area contributed by atoms with Crippen LogP contribution in [0.1, 0.15) is 50.6 Å². The van der Waals surface area contributed by atoms with Gasteiger partial charge in [0.1, 0.15) is 0 Å². The van der Waals surface area contributed by atoms with Crippen LogP contribution in [0.3, 0.4) is 0 Å². The van der Waals surface area contributed by atoms with Crippen molar-refractivity contribution in [2.75, 3.05) is 0 Å². The molecule has 0 aliphatic heterocycles. The summed E-state index contributed by atoms with van der Waals surface area (Å²) >= 11 is 3.79. The maximum absolute atomic E-state index is 4.16. The number of aromatic nitrogens is 3. The van der Waals surface area contributed by atoms with E-state index in [2.05, 4.69) is 37.8 Å². The molecular formula is C11H18BrN3. The lowest BCUT2D eigenvalue weighted by atomic mass is 9.87. The van der Waals surface area contributed by atoms with Crippen molar-refractivity contribution in [2.45, 2.75) is 56.3 Å². The monoisotopic (exact) mass is 271 g/mol. The number of rotatable bonds is 3. The van der Waals surface area contributed by atoms with Crippen LogP contribution in [-0.2, 0) is 6.54 Å². The smallest absolute Gasteiger partial charge is 0.0728 e. The molecule has 0 radical (unpaired) electrons. The largest absolute Gasteiger partial charge is 0.249 e. The van der Waals surface area contributed by atoms with Crippen LogP contribution in [0.2, 0.25) is 0 Å². The molecule has 0 N–H and O–H groups in total. The Bertz CT molecular complexity index is 311. The fourth-order valence-corrected chi connectivity index (χ4v) is 3.22. The first-order valence-corrected chi connectivity index (χ1v) is 6.77. The van der Waals surface area contributed by atoms with Gasteiger partial charge in [0, 0.05) is 17.3 Å². The zero-order valence-corrected chi connectivity index (χ0v) is 10.8. The minimum atomic E-state index is 0.611. The zero-order chi connectivity index (χ0) is 10.7. The van der Waals surface area contributed by atoms with E-state index in [0.717, 1.165) is 13.0 Å². The fraction of sp³-hybridized carbons (Fsp3) is 0.818. The van der Waals surface area contributed by atoms with Crippen LogP contribution < -0.4 is 0 Å². The van der Waals surface area contributed by atoms with Crippen LogP contribution in [0.15, 0.2) is 6.20 Å². The molecule has 0 bridgehead atoms. The number of nitrogens with zero attached hydrogens (tertiary/aromatic N) is 3. The summed E-state index contributed by atoms with van der Waals surface area (Å²) in [5.74, 6) is 0.611. The Kier molecular flexibility index (Phi) is 3.78. The third-order valence-electron chi connectivity index (χ3n) is 3.14. The van der Waals surface area contributed by atoms with Crippen molar-refractivity contribution in [3.63, 3.8) is 0 Å². The second kappa shape index (κ2) is 5.10. The molecule has 1 heterocycles. The summed E-state index contributed by atoms with van der Waals surface area (Å²) in [4.78, 5) is 0.611. The van der Waals surface area contributed by atoms with Crippen molar-refractivity contribution in [3.8, 4) is 0 Å². The van der Waals surface area contributed by atoms with Crippen LogP contribution in [0.5, 0.6) is 0 Å². The van der Waals surface area contributed by atoms with E-state index in [0.29, 0.717) is 10.7 Å². The standard InChI is InChI=1S/C11H18BrN3/c1-2-7-15-11(8-13-14-15)9-5-3-4-6-10(9)12/h8-10H,2-7H2,1H3. The van der Waals surface area contributed by atoms with E-state index in [4.69, 9.17) is 0 Å². The summed E-state index contributed by atoms with van der Waals surface area (Å²) in [6.45, 7) is 3.17. The normalized spacial score (nSPS) is 26.8. The van der Waals surface area contributed by atoms with Gasteiger partial charge in [-0.2, -0.15) is 0 Å². The SMILES string of the molecule is CCCn1nncc1C1CCCCC1Br. The van der Waals surface area contributed by atoms with E-state index < -0.39 is 0 Å². The lowest BCUT2D eigenvalue weighted by Crippen LogP contribution is -2.20. The molecule has 1 aliphatic rings. The maximum atomic E-state index is 4.16. The van der Waals surface area contributed by atoms with Gasteiger partial charge < -0.3 is 0 Å². The first-order valence-electron chi connectivity index (χ1n) is 5.85. The molecule has 0 saturated heterocycles. The van der Waals surface area contributed by atoms with Crippen molar-refractivity contribution in [3.05, 3.63) is 11.9 Å². The molecule has 2 atom stereocenters. The maximum Gasteiger partial charge on any atom is 0.0728 e. The minimum absolute atomic E-state index is 0.611. The second-order valence-electron chi connectivity index (χ2n) is 4.29. The van der Waals surface area contributed by atoms with Crippen LogP contribution in [0.25, 0.3) is 0 Å². The van der Waals surface area contributed by atoms with Crippen LogP contribution in [-0.4, -0.2) is 19.8 Å². The average molecular weight is 272 g/mol. The Hall–Kier alpha value is -0.380.